The van der Waals surface area contributed by atoms with Gasteiger partial charge in [-0.15, -0.1) is 0 Å². The summed E-state index contributed by atoms with van der Waals surface area (Å²) in [5.74, 6) is 0.197. The van der Waals surface area contributed by atoms with Crippen molar-refractivity contribution in [3.8, 4) is 0 Å². The highest BCUT2D eigenvalue weighted by Crippen LogP contribution is 2.29. The molecule has 4 rings (SSSR count). The lowest BCUT2D eigenvalue weighted by molar-refractivity contribution is -0.121. The number of anilines is 1. The van der Waals surface area contributed by atoms with Crippen molar-refractivity contribution in [1.82, 2.24) is 19.7 Å². The summed E-state index contributed by atoms with van der Waals surface area (Å²) in [6.45, 7) is 4.62. The van der Waals surface area contributed by atoms with Crippen LogP contribution in [-0.2, 0) is 11.8 Å². The summed E-state index contributed by atoms with van der Waals surface area (Å²) < 4.78 is 1.74. The minimum Gasteiger partial charge on any atom is -0.308 e. The molecule has 1 amide bonds. The zero-order valence-electron chi connectivity index (χ0n) is 14.7. The first kappa shape index (κ1) is 16.0. The van der Waals surface area contributed by atoms with Crippen LogP contribution in [0.25, 0.3) is 5.57 Å². The van der Waals surface area contributed by atoms with Gasteiger partial charge in [0.1, 0.15) is 0 Å². The van der Waals surface area contributed by atoms with Crippen LogP contribution in [-0.4, -0.2) is 51.2 Å². The topological polar surface area (TPSA) is 54.3 Å². The molecule has 2 aliphatic rings. The van der Waals surface area contributed by atoms with E-state index >= 15 is 0 Å². The number of nitrogens with zero attached hydrogens (tertiary/aromatic N) is 5. The smallest absolute Gasteiger partial charge is 0.244 e. The molecule has 0 saturated carbocycles. The highest BCUT2D eigenvalue weighted by Gasteiger charge is 2.37. The van der Waals surface area contributed by atoms with Gasteiger partial charge in [0.15, 0.2) is 0 Å². The average molecular weight is 337 g/mol. The third-order valence-electron chi connectivity index (χ3n) is 5.25. The second-order valence-corrected chi connectivity index (χ2v) is 6.83. The number of hydrogen-bond donors (Lipinski definition) is 0. The van der Waals surface area contributed by atoms with Gasteiger partial charge in [-0.3, -0.25) is 19.4 Å². The van der Waals surface area contributed by atoms with Gasteiger partial charge < -0.3 is 4.90 Å². The zero-order chi connectivity index (χ0) is 17.4. The fourth-order valence-electron chi connectivity index (χ4n) is 3.82. The number of carbonyl (C=O) groups is 1. The first-order valence-electron chi connectivity index (χ1n) is 8.77. The van der Waals surface area contributed by atoms with E-state index in [2.05, 4.69) is 34.0 Å². The standard InChI is InChI=1S/C19H23N5O/c1-14-3-7-20-12-17(14)15-4-8-23(9-5-15)18-6-10-24(19(18)25)16-11-21-22(2)13-16/h3-4,7,11-13,18H,5-6,8-10H2,1-2H3. The Morgan fingerprint density at radius 2 is 2.12 bits per heavy atom. The van der Waals surface area contributed by atoms with Crippen LogP contribution in [0.3, 0.4) is 0 Å². The number of hydrogen-bond acceptors (Lipinski definition) is 4. The van der Waals surface area contributed by atoms with Gasteiger partial charge in [0.2, 0.25) is 5.91 Å². The number of amides is 1. The second kappa shape index (κ2) is 6.44. The van der Waals surface area contributed by atoms with Crippen LogP contribution >= 0.6 is 0 Å². The Kier molecular flexibility index (Phi) is 4.13. The van der Waals surface area contributed by atoms with Gasteiger partial charge in [-0.1, -0.05) is 6.08 Å². The number of pyridine rings is 1. The van der Waals surface area contributed by atoms with Crippen LogP contribution in [0.15, 0.2) is 36.9 Å². The highest BCUT2D eigenvalue weighted by atomic mass is 16.2. The van der Waals surface area contributed by atoms with Gasteiger partial charge in [0.25, 0.3) is 0 Å². The number of rotatable bonds is 3. The first-order valence-corrected chi connectivity index (χ1v) is 8.77. The van der Waals surface area contributed by atoms with Crippen molar-refractivity contribution in [3.05, 3.63) is 48.1 Å². The molecular formula is C19H23N5O. The maximum Gasteiger partial charge on any atom is 0.244 e. The molecule has 0 bridgehead atoms. The highest BCUT2D eigenvalue weighted by molar-refractivity contribution is 5.99. The molecule has 2 aromatic heterocycles. The van der Waals surface area contributed by atoms with Gasteiger partial charge in [-0.25, -0.2) is 0 Å². The Balaban J connectivity index is 1.46. The van der Waals surface area contributed by atoms with Crippen LogP contribution in [0.2, 0.25) is 0 Å². The van der Waals surface area contributed by atoms with Crippen molar-refractivity contribution < 1.29 is 4.79 Å². The predicted molar refractivity (Wildman–Crippen MR) is 97.1 cm³/mol. The van der Waals surface area contributed by atoms with Crippen molar-refractivity contribution in [2.45, 2.75) is 25.8 Å². The number of carbonyl (C=O) groups excluding carboxylic acids is 1. The molecule has 2 aromatic rings. The molecule has 6 nitrogen and oxygen atoms in total. The van der Waals surface area contributed by atoms with Gasteiger partial charge in [-0.2, -0.15) is 5.10 Å². The molecule has 1 unspecified atom stereocenters. The molecule has 25 heavy (non-hydrogen) atoms. The Hall–Kier alpha value is -2.47. The van der Waals surface area contributed by atoms with E-state index in [1.165, 1.54) is 16.7 Å². The SMILES string of the molecule is Cc1ccncc1C1=CCN(C2CCN(c3cnn(C)c3)C2=O)CC1. The van der Waals surface area contributed by atoms with E-state index in [1.807, 2.05) is 30.5 Å². The number of aryl methyl sites for hydroxylation is 2. The predicted octanol–water partition coefficient (Wildman–Crippen LogP) is 2.02. The molecule has 0 aliphatic carbocycles. The van der Waals surface area contributed by atoms with Crippen LogP contribution in [0.1, 0.15) is 24.0 Å². The summed E-state index contributed by atoms with van der Waals surface area (Å²) in [5.41, 5.74) is 4.73. The van der Waals surface area contributed by atoms with E-state index in [0.717, 1.165) is 38.2 Å². The maximum atomic E-state index is 12.8. The minimum atomic E-state index is -0.0204. The van der Waals surface area contributed by atoms with Crippen molar-refractivity contribution in [2.75, 3.05) is 24.5 Å². The fraction of sp³-hybridized carbons (Fsp3) is 0.421. The van der Waals surface area contributed by atoms with E-state index in [9.17, 15) is 4.79 Å². The first-order chi connectivity index (χ1) is 12.1. The lowest BCUT2D eigenvalue weighted by Crippen LogP contribution is -2.43. The molecule has 1 saturated heterocycles. The normalized spacial score (nSPS) is 21.7. The molecule has 0 N–H and O–H groups in total. The van der Waals surface area contributed by atoms with Gasteiger partial charge >= 0.3 is 0 Å². The van der Waals surface area contributed by atoms with Crippen molar-refractivity contribution in [2.24, 2.45) is 7.05 Å². The molecule has 0 radical (unpaired) electrons. The summed E-state index contributed by atoms with van der Waals surface area (Å²) in [6, 6.07) is 2.03. The summed E-state index contributed by atoms with van der Waals surface area (Å²) in [5, 5.41) is 4.18. The molecule has 0 aromatic carbocycles. The Labute approximate surface area is 147 Å². The van der Waals surface area contributed by atoms with Gasteiger partial charge in [0, 0.05) is 45.3 Å². The Morgan fingerprint density at radius 3 is 2.80 bits per heavy atom. The van der Waals surface area contributed by atoms with E-state index in [1.54, 1.807) is 10.9 Å². The monoisotopic (exact) mass is 337 g/mol. The van der Waals surface area contributed by atoms with Crippen molar-refractivity contribution in [3.63, 3.8) is 0 Å². The average Bonchev–Trinajstić information content (AvgIpc) is 3.21. The Morgan fingerprint density at radius 1 is 1.24 bits per heavy atom. The molecule has 130 valence electrons. The second-order valence-electron chi connectivity index (χ2n) is 6.83. The van der Waals surface area contributed by atoms with E-state index in [4.69, 9.17) is 0 Å². The third-order valence-corrected chi connectivity index (χ3v) is 5.25. The molecule has 0 spiro atoms. The van der Waals surface area contributed by atoms with Crippen LogP contribution in [0.5, 0.6) is 0 Å². The Bertz CT molecular complexity index is 825. The van der Waals surface area contributed by atoms with Crippen LogP contribution in [0.4, 0.5) is 5.69 Å². The molecular weight excluding hydrogens is 314 g/mol. The number of aromatic nitrogens is 3. The quantitative estimate of drug-likeness (QED) is 0.860. The lowest BCUT2D eigenvalue weighted by atomic mass is 9.96. The van der Waals surface area contributed by atoms with Gasteiger partial charge in [-0.05, 0) is 42.5 Å². The lowest BCUT2D eigenvalue weighted by Gasteiger charge is -2.31. The molecule has 6 heteroatoms. The van der Waals surface area contributed by atoms with E-state index < -0.39 is 0 Å². The fourth-order valence-corrected chi connectivity index (χ4v) is 3.82. The van der Waals surface area contributed by atoms with Gasteiger partial charge in [0.05, 0.1) is 17.9 Å². The van der Waals surface area contributed by atoms with Crippen LogP contribution < -0.4 is 4.90 Å². The van der Waals surface area contributed by atoms with Crippen LogP contribution in [0, 0.1) is 6.92 Å². The molecule has 4 heterocycles. The van der Waals surface area contributed by atoms with E-state index in [-0.39, 0.29) is 11.9 Å². The largest absolute Gasteiger partial charge is 0.308 e. The molecule has 2 aliphatic heterocycles. The molecule has 1 fully saturated rings. The van der Waals surface area contributed by atoms with E-state index in [0.29, 0.717) is 0 Å². The summed E-state index contributed by atoms with van der Waals surface area (Å²) in [7, 11) is 1.87. The zero-order valence-corrected chi connectivity index (χ0v) is 14.7. The minimum absolute atomic E-state index is 0.0204. The molecule has 1 atom stereocenters. The summed E-state index contributed by atoms with van der Waals surface area (Å²) in [6.07, 6.45) is 11.5. The third kappa shape index (κ3) is 2.98. The summed E-state index contributed by atoms with van der Waals surface area (Å²) >= 11 is 0. The summed E-state index contributed by atoms with van der Waals surface area (Å²) in [4.78, 5) is 21.3. The maximum absolute atomic E-state index is 12.8. The van der Waals surface area contributed by atoms with Crippen molar-refractivity contribution in [1.29, 1.82) is 0 Å². The van der Waals surface area contributed by atoms with Crippen molar-refractivity contribution >= 4 is 17.2 Å².